The van der Waals surface area contributed by atoms with Crippen LogP contribution in [-0.4, -0.2) is 20.9 Å². The molecule has 0 saturated heterocycles. The van der Waals surface area contributed by atoms with Crippen molar-refractivity contribution in [1.29, 1.82) is 0 Å². The number of nitrogens with zero attached hydrogens (tertiary/aromatic N) is 1. The third kappa shape index (κ3) is 3.73. The van der Waals surface area contributed by atoms with Gasteiger partial charge in [0.15, 0.2) is 4.91 Å². The molecule has 7 heteroatoms. The van der Waals surface area contributed by atoms with Crippen LogP contribution in [0.5, 0.6) is 0 Å². The Labute approximate surface area is 187 Å². The second-order valence-corrected chi connectivity index (χ2v) is 9.41. The summed E-state index contributed by atoms with van der Waals surface area (Å²) in [7, 11) is -4.09. The standard InChI is InChI=1S/C24H21ClN2O3S/c1-3-27-21-12-8-7-11-19(21)22(17-9-5-4-6-10-17)23(31(27,29)30)24(28)26-20-14-13-18(25)15-16(20)2/h4-15H,3H2,1-2H3,(H,26,28). The third-order valence-corrected chi connectivity index (χ3v) is 7.39. The predicted molar refractivity (Wildman–Crippen MR) is 126 cm³/mol. The summed E-state index contributed by atoms with van der Waals surface area (Å²) in [6.07, 6.45) is 0. The molecule has 1 amide bonds. The lowest BCUT2D eigenvalue weighted by molar-refractivity contribution is -0.112. The number of amides is 1. The SMILES string of the molecule is CCN1c2ccccc2C(c2ccccc2)=C(C(=O)Nc2ccc(Cl)cc2C)S1(=O)=O. The number of halogens is 1. The van der Waals surface area contributed by atoms with Crippen LogP contribution in [0.4, 0.5) is 11.4 Å². The number of rotatable bonds is 4. The van der Waals surface area contributed by atoms with E-state index >= 15 is 0 Å². The maximum absolute atomic E-state index is 13.6. The van der Waals surface area contributed by atoms with Crippen molar-refractivity contribution in [2.24, 2.45) is 0 Å². The minimum Gasteiger partial charge on any atom is -0.321 e. The maximum Gasteiger partial charge on any atom is 0.270 e. The van der Waals surface area contributed by atoms with Crippen molar-refractivity contribution < 1.29 is 13.2 Å². The van der Waals surface area contributed by atoms with Gasteiger partial charge in [-0.1, -0.05) is 60.1 Å². The molecule has 3 aromatic carbocycles. The first-order valence-electron chi connectivity index (χ1n) is 9.84. The molecule has 5 nitrogen and oxygen atoms in total. The van der Waals surface area contributed by atoms with Crippen molar-refractivity contribution in [2.75, 3.05) is 16.2 Å². The van der Waals surface area contributed by atoms with E-state index in [2.05, 4.69) is 5.32 Å². The number of hydrogen-bond donors (Lipinski definition) is 1. The Morgan fingerprint density at radius 2 is 1.68 bits per heavy atom. The van der Waals surface area contributed by atoms with E-state index in [9.17, 15) is 13.2 Å². The highest BCUT2D eigenvalue weighted by atomic mass is 35.5. The molecule has 1 aliphatic heterocycles. The van der Waals surface area contributed by atoms with Crippen LogP contribution in [0.15, 0.2) is 77.7 Å². The average Bonchev–Trinajstić information content (AvgIpc) is 2.75. The monoisotopic (exact) mass is 452 g/mol. The number of para-hydroxylation sites is 1. The van der Waals surface area contributed by atoms with Gasteiger partial charge in [-0.05, 0) is 49.2 Å². The second-order valence-electron chi connectivity index (χ2n) is 7.17. The van der Waals surface area contributed by atoms with Crippen molar-refractivity contribution >= 4 is 44.5 Å². The number of anilines is 2. The largest absolute Gasteiger partial charge is 0.321 e. The Morgan fingerprint density at radius 3 is 2.35 bits per heavy atom. The molecule has 3 aromatic rings. The maximum atomic E-state index is 13.6. The van der Waals surface area contributed by atoms with Gasteiger partial charge < -0.3 is 5.32 Å². The van der Waals surface area contributed by atoms with Gasteiger partial charge in [0.05, 0.1) is 5.69 Å². The smallest absolute Gasteiger partial charge is 0.270 e. The summed E-state index contributed by atoms with van der Waals surface area (Å²) in [5.41, 5.74) is 3.55. The van der Waals surface area contributed by atoms with E-state index in [4.69, 9.17) is 11.6 Å². The Kier molecular flexibility index (Phi) is 5.60. The Morgan fingerprint density at radius 1 is 1.00 bits per heavy atom. The fourth-order valence-corrected chi connectivity index (χ4v) is 5.78. The van der Waals surface area contributed by atoms with Crippen LogP contribution in [0, 0.1) is 6.92 Å². The van der Waals surface area contributed by atoms with Gasteiger partial charge in [0, 0.05) is 28.4 Å². The lowest BCUT2D eigenvalue weighted by Gasteiger charge is -2.32. The van der Waals surface area contributed by atoms with Crippen molar-refractivity contribution in [3.05, 3.63) is 99.4 Å². The van der Waals surface area contributed by atoms with Gasteiger partial charge >= 0.3 is 0 Å². The molecular formula is C24H21ClN2O3S. The fourth-order valence-electron chi connectivity index (χ4n) is 3.80. The predicted octanol–water partition coefficient (Wildman–Crippen LogP) is 5.22. The summed E-state index contributed by atoms with van der Waals surface area (Å²) in [4.78, 5) is 13.2. The zero-order valence-electron chi connectivity index (χ0n) is 17.1. The van der Waals surface area contributed by atoms with Gasteiger partial charge in [-0.15, -0.1) is 0 Å². The van der Waals surface area contributed by atoms with Crippen molar-refractivity contribution in [3.63, 3.8) is 0 Å². The molecule has 31 heavy (non-hydrogen) atoms. The van der Waals surface area contributed by atoms with Gasteiger partial charge in [-0.25, -0.2) is 8.42 Å². The first kappa shape index (κ1) is 21.2. The van der Waals surface area contributed by atoms with E-state index in [1.165, 1.54) is 4.31 Å². The molecule has 1 aliphatic rings. The van der Waals surface area contributed by atoms with Crippen LogP contribution < -0.4 is 9.62 Å². The minimum absolute atomic E-state index is 0.207. The molecule has 0 aliphatic carbocycles. The molecule has 0 unspecified atom stereocenters. The quantitative estimate of drug-likeness (QED) is 0.590. The summed E-state index contributed by atoms with van der Waals surface area (Å²) in [5.74, 6) is -0.683. The zero-order chi connectivity index (χ0) is 22.2. The van der Waals surface area contributed by atoms with Crippen LogP contribution in [-0.2, 0) is 14.8 Å². The van der Waals surface area contributed by atoms with E-state index in [0.29, 0.717) is 33.1 Å². The molecule has 1 N–H and O–H groups in total. The number of benzene rings is 3. The summed E-state index contributed by atoms with van der Waals surface area (Å²) in [6.45, 7) is 3.76. The lowest BCUT2D eigenvalue weighted by atomic mass is 9.95. The van der Waals surface area contributed by atoms with Crippen LogP contribution in [0.3, 0.4) is 0 Å². The molecule has 0 aromatic heterocycles. The first-order valence-corrected chi connectivity index (χ1v) is 11.7. The van der Waals surface area contributed by atoms with Gasteiger partial charge in [-0.2, -0.15) is 0 Å². The molecule has 0 atom stereocenters. The van der Waals surface area contributed by atoms with Crippen LogP contribution >= 0.6 is 11.6 Å². The number of sulfonamides is 1. The Balaban J connectivity index is 1.97. The van der Waals surface area contributed by atoms with Gasteiger partial charge in [0.2, 0.25) is 0 Å². The first-order chi connectivity index (χ1) is 14.8. The molecular weight excluding hydrogens is 432 g/mol. The van der Waals surface area contributed by atoms with Crippen LogP contribution in [0.2, 0.25) is 5.02 Å². The molecule has 158 valence electrons. The lowest BCUT2D eigenvalue weighted by Crippen LogP contribution is -2.39. The number of carbonyl (C=O) groups is 1. The van der Waals surface area contributed by atoms with Gasteiger partial charge in [0.1, 0.15) is 0 Å². The third-order valence-electron chi connectivity index (χ3n) is 5.21. The van der Waals surface area contributed by atoms with E-state index in [-0.39, 0.29) is 11.4 Å². The van der Waals surface area contributed by atoms with E-state index in [0.717, 1.165) is 5.56 Å². The number of nitrogens with one attached hydrogen (secondary N) is 1. The van der Waals surface area contributed by atoms with Crippen LogP contribution in [0.25, 0.3) is 5.57 Å². The number of fused-ring (bicyclic) bond motifs is 1. The van der Waals surface area contributed by atoms with E-state index < -0.39 is 15.9 Å². The minimum atomic E-state index is -4.09. The topological polar surface area (TPSA) is 66.5 Å². The van der Waals surface area contributed by atoms with Gasteiger partial charge in [-0.3, -0.25) is 9.10 Å². The molecule has 1 heterocycles. The molecule has 0 spiro atoms. The Hall–Kier alpha value is -3.09. The molecule has 0 bridgehead atoms. The summed E-state index contributed by atoms with van der Waals surface area (Å²) < 4.78 is 28.6. The highest BCUT2D eigenvalue weighted by Crippen LogP contribution is 2.42. The highest BCUT2D eigenvalue weighted by molar-refractivity contribution is 7.97. The van der Waals surface area contributed by atoms with E-state index in [1.807, 2.05) is 42.5 Å². The Bertz CT molecular complexity index is 1300. The molecule has 0 radical (unpaired) electrons. The van der Waals surface area contributed by atoms with Crippen molar-refractivity contribution in [3.8, 4) is 0 Å². The zero-order valence-corrected chi connectivity index (χ0v) is 18.7. The van der Waals surface area contributed by atoms with Crippen molar-refractivity contribution in [1.82, 2.24) is 0 Å². The molecule has 0 fully saturated rings. The fraction of sp³-hybridized carbons (Fsp3) is 0.125. The number of aryl methyl sites for hydroxylation is 1. The normalized spacial score (nSPS) is 14.9. The molecule has 4 rings (SSSR count). The van der Waals surface area contributed by atoms with E-state index in [1.54, 1.807) is 44.2 Å². The second kappa shape index (κ2) is 8.21. The average molecular weight is 453 g/mol. The summed E-state index contributed by atoms with van der Waals surface area (Å²) in [6, 6.07) is 21.4. The summed E-state index contributed by atoms with van der Waals surface area (Å²) in [5, 5.41) is 3.31. The molecule has 0 saturated carbocycles. The van der Waals surface area contributed by atoms with Crippen LogP contribution in [0.1, 0.15) is 23.6 Å². The van der Waals surface area contributed by atoms with Gasteiger partial charge in [0.25, 0.3) is 15.9 Å². The number of hydrogen-bond acceptors (Lipinski definition) is 3. The summed E-state index contributed by atoms with van der Waals surface area (Å²) >= 11 is 6.02. The van der Waals surface area contributed by atoms with Crippen molar-refractivity contribution in [2.45, 2.75) is 13.8 Å². The highest BCUT2D eigenvalue weighted by Gasteiger charge is 2.40. The number of carbonyl (C=O) groups excluding carboxylic acids is 1.